The third-order valence-electron chi connectivity index (χ3n) is 5.58. The highest BCUT2D eigenvalue weighted by Crippen LogP contribution is 2.38. The SMILES string of the molecule is COc1cc2c(-c3c[nH]c4ccc(OC#N)cc34)ncnc2cc1OCCNc1ccnc(C)c1. The monoisotopic (exact) mass is 466 g/mol. The number of H-pyrrole nitrogens is 1. The number of benzene rings is 2. The highest BCUT2D eigenvalue weighted by atomic mass is 16.5. The van der Waals surface area contributed by atoms with Crippen molar-refractivity contribution >= 4 is 27.5 Å². The third-order valence-corrected chi connectivity index (χ3v) is 5.58. The Hall–Kier alpha value is -4.84. The summed E-state index contributed by atoms with van der Waals surface area (Å²) in [5.41, 5.74) is 5.17. The van der Waals surface area contributed by atoms with Gasteiger partial charge >= 0.3 is 0 Å². The summed E-state index contributed by atoms with van der Waals surface area (Å²) in [6.45, 7) is 3.00. The molecule has 2 aromatic carbocycles. The van der Waals surface area contributed by atoms with E-state index in [1.807, 2.05) is 49.5 Å². The molecule has 0 saturated heterocycles. The molecule has 35 heavy (non-hydrogen) atoms. The highest BCUT2D eigenvalue weighted by molar-refractivity contribution is 6.03. The molecule has 0 bridgehead atoms. The van der Waals surface area contributed by atoms with Crippen LogP contribution in [0.15, 0.2) is 61.2 Å². The molecule has 0 unspecified atom stereocenters. The molecule has 9 nitrogen and oxygen atoms in total. The highest BCUT2D eigenvalue weighted by Gasteiger charge is 2.16. The average Bonchev–Trinajstić information content (AvgIpc) is 3.29. The summed E-state index contributed by atoms with van der Waals surface area (Å²) in [5, 5.41) is 13.9. The van der Waals surface area contributed by atoms with Crippen LogP contribution in [0.4, 0.5) is 5.69 Å². The fourth-order valence-corrected chi connectivity index (χ4v) is 3.97. The van der Waals surface area contributed by atoms with Crippen molar-refractivity contribution in [2.75, 3.05) is 25.6 Å². The first-order valence-electron chi connectivity index (χ1n) is 11.0. The van der Waals surface area contributed by atoms with Gasteiger partial charge in [0, 0.05) is 58.2 Å². The number of aromatic amines is 1. The van der Waals surface area contributed by atoms with Crippen LogP contribution in [0.5, 0.6) is 17.2 Å². The van der Waals surface area contributed by atoms with Gasteiger partial charge in [-0.05, 0) is 43.3 Å². The van der Waals surface area contributed by atoms with Crippen molar-refractivity contribution in [3.8, 4) is 34.8 Å². The minimum atomic E-state index is 0.436. The van der Waals surface area contributed by atoms with Crippen LogP contribution in [0.2, 0.25) is 0 Å². The molecule has 0 amide bonds. The number of pyridine rings is 1. The number of nitrogens with zero attached hydrogens (tertiary/aromatic N) is 4. The molecule has 3 aromatic heterocycles. The van der Waals surface area contributed by atoms with Crippen molar-refractivity contribution < 1.29 is 14.2 Å². The smallest absolute Gasteiger partial charge is 0.292 e. The van der Waals surface area contributed by atoms with E-state index in [1.165, 1.54) is 6.33 Å². The summed E-state index contributed by atoms with van der Waals surface area (Å²) >= 11 is 0. The predicted molar refractivity (Wildman–Crippen MR) is 133 cm³/mol. The molecule has 5 rings (SSSR count). The lowest BCUT2D eigenvalue weighted by atomic mass is 10.0. The van der Waals surface area contributed by atoms with Gasteiger partial charge in [-0.15, -0.1) is 5.26 Å². The maximum absolute atomic E-state index is 8.87. The van der Waals surface area contributed by atoms with Crippen molar-refractivity contribution in [3.63, 3.8) is 0 Å². The number of rotatable bonds is 8. The first-order valence-corrected chi connectivity index (χ1v) is 11.0. The van der Waals surface area contributed by atoms with Gasteiger partial charge in [0.25, 0.3) is 6.26 Å². The van der Waals surface area contributed by atoms with E-state index in [2.05, 4.69) is 25.3 Å². The molecule has 0 aliphatic rings. The lowest BCUT2D eigenvalue weighted by Gasteiger charge is -2.14. The van der Waals surface area contributed by atoms with Crippen LogP contribution < -0.4 is 19.5 Å². The lowest BCUT2D eigenvalue weighted by Crippen LogP contribution is -2.12. The molecule has 0 aliphatic heterocycles. The Morgan fingerprint density at radius 1 is 1.03 bits per heavy atom. The van der Waals surface area contributed by atoms with Crippen LogP contribution in [0.25, 0.3) is 33.1 Å². The van der Waals surface area contributed by atoms with Crippen molar-refractivity contribution in [2.45, 2.75) is 6.92 Å². The second-order valence-corrected chi connectivity index (χ2v) is 7.81. The van der Waals surface area contributed by atoms with E-state index in [1.54, 1.807) is 25.6 Å². The molecule has 0 radical (unpaired) electrons. The van der Waals surface area contributed by atoms with Gasteiger partial charge in [-0.1, -0.05) is 0 Å². The first-order chi connectivity index (χ1) is 17.2. The van der Waals surface area contributed by atoms with E-state index in [4.69, 9.17) is 19.5 Å². The van der Waals surface area contributed by atoms with E-state index in [9.17, 15) is 0 Å². The van der Waals surface area contributed by atoms with Crippen LogP contribution in [-0.4, -0.2) is 40.2 Å². The number of hydrogen-bond acceptors (Lipinski definition) is 8. The molecule has 5 aromatic rings. The van der Waals surface area contributed by atoms with Crippen molar-refractivity contribution in [2.24, 2.45) is 0 Å². The van der Waals surface area contributed by atoms with Crippen molar-refractivity contribution in [1.82, 2.24) is 19.9 Å². The molecular weight excluding hydrogens is 444 g/mol. The average molecular weight is 467 g/mol. The molecule has 0 aliphatic carbocycles. The van der Waals surface area contributed by atoms with E-state index in [0.717, 1.165) is 44.4 Å². The number of aromatic nitrogens is 4. The van der Waals surface area contributed by atoms with Crippen LogP contribution in [-0.2, 0) is 0 Å². The lowest BCUT2D eigenvalue weighted by molar-refractivity contribution is 0.306. The quantitative estimate of drug-likeness (QED) is 0.246. The number of ether oxygens (including phenoxy) is 3. The Balaban J connectivity index is 1.43. The Kier molecular flexibility index (Phi) is 6.01. The van der Waals surface area contributed by atoms with E-state index in [0.29, 0.717) is 30.4 Å². The number of nitrogens with one attached hydrogen (secondary N) is 2. The fourth-order valence-electron chi connectivity index (χ4n) is 3.97. The van der Waals surface area contributed by atoms with Crippen molar-refractivity contribution in [3.05, 3.63) is 66.9 Å². The summed E-state index contributed by atoms with van der Waals surface area (Å²) in [5.74, 6) is 1.64. The van der Waals surface area contributed by atoms with Gasteiger partial charge in [0.15, 0.2) is 11.5 Å². The van der Waals surface area contributed by atoms with Gasteiger partial charge in [-0.25, -0.2) is 9.97 Å². The minimum absolute atomic E-state index is 0.436. The van der Waals surface area contributed by atoms with Crippen LogP contribution >= 0.6 is 0 Å². The van der Waals surface area contributed by atoms with Crippen LogP contribution in [0, 0.1) is 18.4 Å². The van der Waals surface area contributed by atoms with Gasteiger partial charge in [0.05, 0.1) is 18.3 Å². The number of fused-ring (bicyclic) bond motifs is 2. The van der Waals surface area contributed by atoms with Crippen LogP contribution in [0.1, 0.15) is 5.69 Å². The number of anilines is 1. The standard InChI is InChI=1S/C26H22N6O3/c1-16-9-17(5-6-28-16)29-7-8-34-25-12-23-20(11-24(25)33-2)26(32-15-31-23)21-13-30-22-4-3-18(35-14-27)10-19(21)22/h3-6,9-13,15,30H,7-8H2,1-2H3,(H,28,29). The fraction of sp³-hybridized carbons (Fsp3) is 0.154. The van der Waals surface area contributed by atoms with E-state index >= 15 is 0 Å². The maximum atomic E-state index is 8.87. The maximum Gasteiger partial charge on any atom is 0.292 e. The third kappa shape index (κ3) is 4.50. The van der Waals surface area contributed by atoms with Gasteiger partial charge in [0.2, 0.25) is 0 Å². The summed E-state index contributed by atoms with van der Waals surface area (Å²) in [7, 11) is 1.60. The summed E-state index contributed by atoms with van der Waals surface area (Å²) in [6.07, 6.45) is 6.89. The van der Waals surface area contributed by atoms with Crippen molar-refractivity contribution in [1.29, 1.82) is 5.26 Å². The molecule has 0 fully saturated rings. The van der Waals surface area contributed by atoms with Gasteiger partial charge in [-0.3, -0.25) is 4.98 Å². The first kappa shape index (κ1) is 22.0. The largest absolute Gasteiger partial charge is 0.493 e. The van der Waals surface area contributed by atoms with E-state index < -0.39 is 0 Å². The summed E-state index contributed by atoms with van der Waals surface area (Å²) in [4.78, 5) is 16.4. The van der Waals surface area contributed by atoms with Gasteiger partial charge in [-0.2, -0.15) is 0 Å². The van der Waals surface area contributed by atoms with Gasteiger partial charge < -0.3 is 24.5 Å². The van der Waals surface area contributed by atoms with Gasteiger partial charge in [0.1, 0.15) is 18.7 Å². The Morgan fingerprint density at radius 2 is 1.94 bits per heavy atom. The number of hydrogen-bond donors (Lipinski definition) is 2. The molecule has 0 saturated carbocycles. The second kappa shape index (κ2) is 9.57. The predicted octanol–water partition coefficient (Wildman–Crippen LogP) is 4.84. The molecule has 0 atom stereocenters. The minimum Gasteiger partial charge on any atom is -0.493 e. The number of methoxy groups -OCH3 is 1. The normalized spacial score (nSPS) is 10.8. The summed E-state index contributed by atoms with van der Waals surface area (Å²) in [6, 6.07) is 13.1. The topological polar surface area (TPSA) is 118 Å². The second-order valence-electron chi connectivity index (χ2n) is 7.81. The molecule has 9 heteroatoms. The zero-order chi connectivity index (χ0) is 24.2. The molecular formula is C26H22N6O3. The number of nitriles is 1. The number of aryl methyl sites for hydroxylation is 1. The molecule has 0 spiro atoms. The van der Waals surface area contributed by atoms with Crippen LogP contribution in [0.3, 0.4) is 0 Å². The van der Waals surface area contributed by atoms with E-state index in [-0.39, 0.29) is 0 Å². The molecule has 174 valence electrons. The Morgan fingerprint density at radius 3 is 2.77 bits per heavy atom. The zero-order valence-electron chi connectivity index (χ0n) is 19.2. The summed E-state index contributed by atoms with van der Waals surface area (Å²) < 4.78 is 16.6. The zero-order valence-corrected chi connectivity index (χ0v) is 19.2. The Labute approximate surface area is 201 Å². The molecule has 2 N–H and O–H groups in total. The molecule has 3 heterocycles. The Bertz CT molecular complexity index is 1560.